The number of aliphatic hydroxyl groups excluding tert-OH is 1. The van der Waals surface area contributed by atoms with Crippen molar-refractivity contribution in [1.29, 1.82) is 0 Å². The molecule has 1 aliphatic heterocycles. The SMILES string of the molecule is CC(C)(C)[Si](C)(C)OC1C(O[Si](C)(C)C(C)(C)C)[C@@H](n2ccc(=O)[nH]c2=O)O[C@H]1CO. The summed E-state index contributed by atoms with van der Waals surface area (Å²) in [6.07, 6.45) is -1.19. The average molecular weight is 473 g/mol. The first kappa shape index (κ1) is 26.2. The van der Waals surface area contributed by atoms with E-state index >= 15 is 0 Å². The molecule has 1 aromatic rings. The normalized spacial score (nSPS) is 25.8. The monoisotopic (exact) mass is 472 g/mol. The van der Waals surface area contributed by atoms with Crippen LogP contribution in [0.4, 0.5) is 0 Å². The van der Waals surface area contributed by atoms with Gasteiger partial charge in [-0.25, -0.2) is 4.79 Å². The standard InChI is InChI=1S/C21H40N2O6Si2/c1-20(2,3)30(7,8)28-16-14(13-24)27-18(23-12-11-15(25)22-19(23)26)17(16)29-31(9,10)21(4,5)6/h11-12,14,16-18,24H,13H2,1-10H3,(H,22,25,26)/t14-,16?,17?,18-/m0/s1. The van der Waals surface area contributed by atoms with Crippen molar-refractivity contribution < 1.29 is 18.7 Å². The van der Waals surface area contributed by atoms with Crippen molar-refractivity contribution in [2.75, 3.05) is 6.61 Å². The predicted octanol–water partition coefficient (Wildman–Crippen LogP) is 3.21. The molecule has 10 heteroatoms. The maximum Gasteiger partial charge on any atom is 0.330 e. The predicted molar refractivity (Wildman–Crippen MR) is 126 cm³/mol. The Balaban J connectivity index is 2.57. The van der Waals surface area contributed by atoms with Crippen LogP contribution >= 0.6 is 0 Å². The first-order chi connectivity index (χ1) is 13.9. The van der Waals surface area contributed by atoms with Crippen LogP contribution in [0.25, 0.3) is 0 Å². The highest BCUT2D eigenvalue weighted by molar-refractivity contribution is 6.74. The molecule has 2 heterocycles. The first-order valence-corrected chi connectivity index (χ1v) is 16.7. The summed E-state index contributed by atoms with van der Waals surface area (Å²) < 4.78 is 21.0. The zero-order valence-electron chi connectivity index (χ0n) is 20.6. The average Bonchev–Trinajstić information content (AvgIpc) is 2.89. The highest BCUT2D eigenvalue weighted by atomic mass is 28.4. The molecule has 0 radical (unpaired) electrons. The van der Waals surface area contributed by atoms with Gasteiger partial charge in [-0.3, -0.25) is 14.3 Å². The largest absolute Gasteiger partial charge is 0.408 e. The van der Waals surface area contributed by atoms with E-state index in [1.165, 1.54) is 16.8 Å². The number of hydrogen-bond acceptors (Lipinski definition) is 6. The topological polar surface area (TPSA) is 103 Å². The van der Waals surface area contributed by atoms with Crippen LogP contribution in [0.2, 0.25) is 36.3 Å². The number of nitrogens with one attached hydrogen (secondary N) is 1. The Hall–Kier alpha value is -1.05. The molecule has 8 nitrogen and oxygen atoms in total. The lowest BCUT2D eigenvalue weighted by molar-refractivity contribution is -0.0529. The first-order valence-electron chi connectivity index (χ1n) is 10.8. The molecule has 1 aliphatic rings. The summed E-state index contributed by atoms with van der Waals surface area (Å²) in [5.74, 6) is 0. The van der Waals surface area contributed by atoms with Crippen LogP contribution in [-0.4, -0.2) is 56.2 Å². The number of aromatic amines is 1. The van der Waals surface area contributed by atoms with Crippen LogP contribution in [-0.2, 0) is 13.6 Å². The van der Waals surface area contributed by atoms with Gasteiger partial charge in [0.25, 0.3) is 5.56 Å². The van der Waals surface area contributed by atoms with Gasteiger partial charge in [-0.05, 0) is 36.3 Å². The number of H-pyrrole nitrogens is 1. The number of aliphatic hydroxyl groups is 1. The molecule has 178 valence electrons. The van der Waals surface area contributed by atoms with Crippen molar-refractivity contribution in [3.8, 4) is 0 Å². The number of aromatic nitrogens is 2. The molecule has 1 aromatic heterocycles. The molecule has 1 fully saturated rings. The molecule has 0 saturated carbocycles. The fourth-order valence-electron chi connectivity index (χ4n) is 3.01. The fraction of sp³-hybridized carbons (Fsp3) is 0.810. The van der Waals surface area contributed by atoms with Gasteiger partial charge in [0.05, 0.1) is 6.61 Å². The third-order valence-corrected chi connectivity index (χ3v) is 16.0. The van der Waals surface area contributed by atoms with Crippen LogP contribution in [0, 0.1) is 0 Å². The Morgan fingerprint density at radius 3 is 1.90 bits per heavy atom. The van der Waals surface area contributed by atoms with E-state index in [2.05, 4.69) is 72.7 Å². The maximum absolute atomic E-state index is 12.6. The van der Waals surface area contributed by atoms with Crippen molar-refractivity contribution in [3.63, 3.8) is 0 Å². The lowest BCUT2D eigenvalue weighted by Crippen LogP contribution is -2.54. The van der Waals surface area contributed by atoms with Crippen LogP contribution in [0.5, 0.6) is 0 Å². The van der Waals surface area contributed by atoms with Crippen LogP contribution in [0.15, 0.2) is 21.9 Å². The lowest BCUT2D eigenvalue weighted by atomic mass is 10.1. The van der Waals surface area contributed by atoms with E-state index in [9.17, 15) is 14.7 Å². The van der Waals surface area contributed by atoms with E-state index in [0.717, 1.165) is 0 Å². The summed E-state index contributed by atoms with van der Waals surface area (Å²) in [5.41, 5.74) is -1.06. The molecule has 2 rings (SSSR count). The zero-order chi connectivity index (χ0) is 24.0. The molecule has 31 heavy (non-hydrogen) atoms. The van der Waals surface area contributed by atoms with Gasteiger partial charge in [-0.2, -0.15) is 0 Å². The van der Waals surface area contributed by atoms with E-state index in [1.807, 2.05) is 0 Å². The number of rotatable bonds is 6. The quantitative estimate of drug-likeness (QED) is 0.616. The minimum Gasteiger partial charge on any atom is -0.408 e. The summed E-state index contributed by atoms with van der Waals surface area (Å²) in [5, 5.41) is 9.98. The van der Waals surface area contributed by atoms with Gasteiger partial charge in [0.1, 0.15) is 18.3 Å². The Morgan fingerprint density at radius 1 is 1.00 bits per heavy atom. The van der Waals surface area contributed by atoms with Gasteiger partial charge < -0.3 is 18.7 Å². The fourth-order valence-corrected chi connectivity index (χ4v) is 5.61. The third kappa shape index (κ3) is 5.48. The smallest absolute Gasteiger partial charge is 0.330 e. The van der Waals surface area contributed by atoms with Crippen LogP contribution < -0.4 is 11.2 Å². The third-order valence-electron chi connectivity index (χ3n) is 7.06. The molecular formula is C21H40N2O6Si2. The summed E-state index contributed by atoms with van der Waals surface area (Å²) in [4.78, 5) is 26.4. The highest BCUT2D eigenvalue weighted by Gasteiger charge is 2.54. The van der Waals surface area contributed by atoms with Crippen LogP contribution in [0.3, 0.4) is 0 Å². The Kier molecular flexibility index (Phi) is 7.37. The Bertz CT molecular complexity index is 881. The van der Waals surface area contributed by atoms with E-state index in [4.69, 9.17) is 13.6 Å². The van der Waals surface area contributed by atoms with E-state index in [-0.39, 0.29) is 16.7 Å². The number of ether oxygens (including phenoxy) is 1. The van der Waals surface area contributed by atoms with Crippen molar-refractivity contribution >= 4 is 16.6 Å². The van der Waals surface area contributed by atoms with Crippen molar-refractivity contribution in [1.82, 2.24) is 9.55 Å². The molecular weight excluding hydrogens is 432 g/mol. The molecule has 0 bridgehead atoms. The second-order valence-corrected chi connectivity index (χ2v) is 21.0. The summed E-state index contributed by atoms with van der Waals surface area (Å²) >= 11 is 0. The van der Waals surface area contributed by atoms with E-state index in [0.29, 0.717) is 0 Å². The van der Waals surface area contributed by atoms with Gasteiger partial charge in [0.2, 0.25) is 0 Å². The van der Waals surface area contributed by atoms with Gasteiger partial charge >= 0.3 is 5.69 Å². The number of nitrogens with zero attached hydrogens (tertiary/aromatic N) is 1. The highest BCUT2D eigenvalue weighted by Crippen LogP contribution is 2.45. The summed E-state index contributed by atoms with van der Waals surface area (Å²) in [6, 6.07) is 1.28. The molecule has 1 saturated heterocycles. The molecule has 2 unspecified atom stereocenters. The summed E-state index contributed by atoms with van der Waals surface area (Å²) in [6.45, 7) is 21.2. The van der Waals surface area contributed by atoms with Crippen molar-refractivity contribution in [3.05, 3.63) is 33.1 Å². The van der Waals surface area contributed by atoms with Crippen LogP contribution in [0.1, 0.15) is 47.8 Å². The maximum atomic E-state index is 12.6. The molecule has 0 amide bonds. The molecule has 4 atom stereocenters. The lowest BCUT2D eigenvalue weighted by Gasteiger charge is -2.44. The second kappa shape index (κ2) is 8.71. The van der Waals surface area contributed by atoms with Gasteiger partial charge in [0, 0.05) is 12.3 Å². The minimum absolute atomic E-state index is 0.0541. The Morgan fingerprint density at radius 2 is 1.48 bits per heavy atom. The van der Waals surface area contributed by atoms with Gasteiger partial charge in [-0.1, -0.05) is 41.5 Å². The van der Waals surface area contributed by atoms with Crippen molar-refractivity contribution in [2.45, 2.75) is 102 Å². The molecule has 0 aromatic carbocycles. The molecule has 2 N–H and O–H groups in total. The summed E-state index contributed by atoms with van der Waals surface area (Å²) in [7, 11) is -4.54. The minimum atomic E-state index is -2.29. The Labute approximate surface area is 187 Å². The zero-order valence-corrected chi connectivity index (χ0v) is 22.6. The van der Waals surface area contributed by atoms with Crippen molar-refractivity contribution in [2.24, 2.45) is 0 Å². The van der Waals surface area contributed by atoms with E-state index < -0.39 is 52.4 Å². The molecule has 0 spiro atoms. The molecule has 0 aliphatic carbocycles. The van der Waals surface area contributed by atoms with Gasteiger partial charge in [0.15, 0.2) is 22.9 Å². The second-order valence-electron chi connectivity index (χ2n) is 11.5. The van der Waals surface area contributed by atoms with E-state index in [1.54, 1.807) is 0 Å². The number of hydrogen-bond donors (Lipinski definition) is 2. The van der Waals surface area contributed by atoms with Gasteiger partial charge in [-0.15, -0.1) is 0 Å².